The lowest BCUT2D eigenvalue weighted by molar-refractivity contribution is -0.137. The van der Waals surface area contributed by atoms with Gasteiger partial charge in [0, 0.05) is 36.7 Å². The number of nitrogens with two attached hydrogens (primary N) is 1. The molecule has 2 saturated carbocycles. The zero-order valence-corrected chi connectivity index (χ0v) is 19.0. The fourth-order valence-electron chi connectivity index (χ4n) is 4.85. The molecule has 0 radical (unpaired) electrons. The fourth-order valence-corrected chi connectivity index (χ4v) is 4.85. The third kappa shape index (κ3) is 6.31. The highest BCUT2D eigenvalue weighted by Crippen LogP contribution is 2.29. The van der Waals surface area contributed by atoms with Gasteiger partial charge in [0.05, 0.1) is 0 Å². The molecule has 0 aromatic heterocycles. The molecule has 166 valence electrons. The average molecular weight is 414 g/mol. The van der Waals surface area contributed by atoms with E-state index in [0.29, 0.717) is 13.0 Å². The van der Waals surface area contributed by atoms with E-state index in [2.05, 4.69) is 26.1 Å². The molecule has 2 aliphatic carbocycles. The SMILES string of the molecule is CC(C)(C)CC(=O)N(Cc1cccc(NC(=O)C2CCCC2)c1)C1CCCCC1N. The van der Waals surface area contributed by atoms with Crippen LogP contribution in [-0.4, -0.2) is 28.8 Å². The normalized spacial score (nSPS) is 22.7. The Morgan fingerprint density at radius 3 is 2.40 bits per heavy atom. The molecule has 0 bridgehead atoms. The van der Waals surface area contributed by atoms with Gasteiger partial charge in [-0.15, -0.1) is 0 Å². The summed E-state index contributed by atoms with van der Waals surface area (Å²) in [6.45, 7) is 6.84. The van der Waals surface area contributed by atoms with Gasteiger partial charge in [-0.1, -0.05) is 58.6 Å². The van der Waals surface area contributed by atoms with E-state index >= 15 is 0 Å². The fraction of sp³-hybridized carbons (Fsp3) is 0.680. The van der Waals surface area contributed by atoms with Crippen molar-refractivity contribution in [2.24, 2.45) is 17.1 Å². The minimum absolute atomic E-state index is 0.0351. The first-order valence-corrected chi connectivity index (χ1v) is 11.7. The van der Waals surface area contributed by atoms with Gasteiger partial charge in [0.2, 0.25) is 11.8 Å². The number of hydrogen-bond acceptors (Lipinski definition) is 3. The summed E-state index contributed by atoms with van der Waals surface area (Å²) in [4.78, 5) is 27.8. The highest BCUT2D eigenvalue weighted by atomic mass is 16.2. The van der Waals surface area contributed by atoms with E-state index in [-0.39, 0.29) is 35.2 Å². The summed E-state index contributed by atoms with van der Waals surface area (Å²) < 4.78 is 0. The maximum absolute atomic E-state index is 13.2. The Morgan fingerprint density at radius 2 is 1.73 bits per heavy atom. The molecule has 0 spiro atoms. The van der Waals surface area contributed by atoms with Crippen molar-refractivity contribution in [3.63, 3.8) is 0 Å². The van der Waals surface area contributed by atoms with Crippen molar-refractivity contribution in [2.45, 2.75) is 97.2 Å². The van der Waals surface area contributed by atoms with Crippen LogP contribution in [0.2, 0.25) is 0 Å². The summed E-state index contributed by atoms with van der Waals surface area (Å²) in [6, 6.07) is 8.07. The van der Waals surface area contributed by atoms with Crippen molar-refractivity contribution >= 4 is 17.5 Å². The Labute approximate surface area is 181 Å². The molecular weight excluding hydrogens is 374 g/mol. The monoisotopic (exact) mass is 413 g/mol. The molecule has 3 N–H and O–H groups in total. The lowest BCUT2D eigenvalue weighted by Gasteiger charge is -2.39. The van der Waals surface area contributed by atoms with Crippen LogP contribution >= 0.6 is 0 Å². The van der Waals surface area contributed by atoms with Crippen LogP contribution in [0.15, 0.2) is 24.3 Å². The second-order valence-electron chi connectivity index (χ2n) is 10.4. The molecule has 1 aromatic rings. The van der Waals surface area contributed by atoms with Crippen LogP contribution in [-0.2, 0) is 16.1 Å². The molecular formula is C25H39N3O2. The summed E-state index contributed by atoms with van der Waals surface area (Å²) in [5.74, 6) is 0.434. The molecule has 0 saturated heterocycles. The van der Waals surface area contributed by atoms with E-state index in [4.69, 9.17) is 5.73 Å². The number of carbonyl (C=O) groups excluding carboxylic acids is 2. The van der Waals surface area contributed by atoms with Gasteiger partial charge in [-0.3, -0.25) is 9.59 Å². The van der Waals surface area contributed by atoms with Gasteiger partial charge in [-0.25, -0.2) is 0 Å². The Kier molecular flexibility index (Phi) is 7.56. The van der Waals surface area contributed by atoms with Gasteiger partial charge in [0.25, 0.3) is 0 Å². The van der Waals surface area contributed by atoms with Gasteiger partial charge in [-0.05, 0) is 48.8 Å². The molecule has 0 heterocycles. The van der Waals surface area contributed by atoms with Gasteiger partial charge in [-0.2, -0.15) is 0 Å². The molecule has 30 heavy (non-hydrogen) atoms. The van der Waals surface area contributed by atoms with E-state index in [1.807, 2.05) is 29.2 Å². The second-order valence-corrected chi connectivity index (χ2v) is 10.4. The van der Waals surface area contributed by atoms with Crippen LogP contribution in [0, 0.1) is 11.3 Å². The molecule has 5 heteroatoms. The molecule has 1 aromatic carbocycles. The summed E-state index contributed by atoms with van der Waals surface area (Å²) in [6.07, 6.45) is 8.97. The zero-order chi connectivity index (χ0) is 21.7. The number of amides is 2. The van der Waals surface area contributed by atoms with Crippen molar-refractivity contribution in [3.05, 3.63) is 29.8 Å². The maximum Gasteiger partial charge on any atom is 0.227 e. The van der Waals surface area contributed by atoms with Crippen molar-refractivity contribution in [2.75, 3.05) is 5.32 Å². The lowest BCUT2D eigenvalue weighted by Crippen LogP contribution is -2.52. The maximum atomic E-state index is 13.2. The minimum Gasteiger partial charge on any atom is -0.334 e. The summed E-state index contributed by atoms with van der Waals surface area (Å²) in [7, 11) is 0. The molecule has 2 unspecified atom stereocenters. The summed E-state index contributed by atoms with van der Waals surface area (Å²) >= 11 is 0. The Morgan fingerprint density at radius 1 is 1.07 bits per heavy atom. The second kappa shape index (κ2) is 9.95. The van der Waals surface area contributed by atoms with E-state index in [0.717, 1.165) is 62.6 Å². The van der Waals surface area contributed by atoms with Crippen LogP contribution in [0.3, 0.4) is 0 Å². The predicted molar refractivity (Wildman–Crippen MR) is 122 cm³/mol. The Bertz CT molecular complexity index is 734. The van der Waals surface area contributed by atoms with Crippen LogP contribution in [0.5, 0.6) is 0 Å². The number of nitrogens with one attached hydrogen (secondary N) is 1. The quantitative estimate of drug-likeness (QED) is 0.700. The highest BCUT2D eigenvalue weighted by Gasteiger charge is 2.32. The van der Waals surface area contributed by atoms with Gasteiger partial charge in [0.1, 0.15) is 0 Å². The average Bonchev–Trinajstić information content (AvgIpc) is 3.21. The van der Waals surface area contributed by atoms with E-state index in [1.54, 1.807) is 0 Å². The lowest BCUT2D eigenvalue weighted by atomic mass is 9.87. The molecule has 2 amide bonds. The van der Waals surface area contributed by atoms with Crippen molar-refractivity contribution in [1.82, 2.24) is 4.90 Å². The van der Waals surface area contributed by atoms with Gasteiger partial charge >= 0.3 is 0 Å². The first-order valence-electron chi connectivity index (χ1n) is 11.7. The van der Waals surface area contributed by atoms with Crippen LogP contribution in [0.25, 0.3) is 0 Å². The topological polar surface area (TPSA) is 75.4 Å². The van der Waals surface area contributed by atoms with E-state index in [1.165, 1.54) is 0 Å². The minimum atomic E-state index is -0.0643. The van der Waals surface area contributed by atoms with Crippen molar-refractivity contribution < 1.29 is 9.59 Å². The van der Waals surface area contributed by atoms with Crippen molar-refractivity contribution in [1.29, 1.82) is 0 Å². The number of rotatable bonds is 6. The number of anilines is 1. The molecule has 0 aliphatic heterocycles. The van der Waals surface area contributed by atoms with Crippen LogP contribution < -0.4 is 11.1 Å². The largest absolute Gasteiger partial charge is 0.334 e. The smallest absolute Gasteiger partial charge is 0.227 e. The number of benzene rings is 1. The third-order valence-corrected chi connectivity index (χ3v) is 6.46. The molecule has 2 fully saturated rings. The highest BCUT2D eigenvalue weighted by molar-refractivity contribution is 5.92. The molecule has 5 nitrogen and oxygen atoms in total. The predicted octanol–water partition coefficient (Wildman–Crippen LogP) is 4.85. The standard InChI is InChI=1S/C25H39N3O2/c1-25(2,3)16-23(29)28(22-14-7-6-13-21(22)26)17-18-9-8-12-20(15-18)27-24(30)19-10-4-5-11-19/h8-9,12,15,19,21-22H,4-7,10-11,13-14,16-17,26H2,1-3H3,(H,27,30). The van der Waals surface area contributed by atoms with Gasteiger partial charge in [0.15, 0.2) is 0 Å². The van der Waals surface area contributed by atoms with Crippen LogP contribution in [0.1, 0.15) is 84.1 Å². The molecule has 2 atom stereocenters. The zero-order valence-electron chi connectivity index (χ0n) is 19.0. The molecule has 2 aliphatic rings. The number of nitrogens with zero attached hydrogens (tertiary/aromatic N) is 1. The Hall–Kier alpha value is -1.88. The molecule has 3 rings (SSSR count). The van der Waals surface area contributed by atoms with Crippen LogP contribution in [0.4, 0.5) is 5.69 Å². The number of carbonyl (C=O) groups is 2. The summed E-state index contributed by atoms with van der Waals surface area (Å²) in [5.41, 5.74) is 8.25. The third-order valence-electron chi connectivity index (χ3n) is 6.46. The first-order chi connectivity index (χ1) is 14.2. The van der Waals surface area contributed by atoms with E-state index in [9.17, 15) is 9.59 Å². The Balaban J connectivity index is 1.74. The van der Waals surface area contributed by atoms with Crippen molar-refractivity contribution in [3.8, 4) is 0 Å². The summed E-state index contributed by atoms with van der Waals surface area (Å²) in [5, 5.41) is 3.09. The number of hydrogen-bond donors (Lipinski definition) is 2. The van der Waals surface area contributed by atoms with Gasteiger partial charge < -0.3 is 16.0 Å². The first kappa shape index (κ1) is 22.8. The van der Waals surface area contributed by atoms with E-state index < -0.39 is 0 Å².